The van der Waals surface area contributed by atoms with E-state index in [0.717, 1.165) is 18.5 Å². The largest absolute Gasteiger partial charge is 0.312 e. The van der Waals surface area contributed by atoms with Gasteiger partial charge in [-0.25, -0.2) is 4.98 Å². The predicted octanol–water partition coefficient (Wildman–Crippen LogP) is 1.58. The van der Waals surface area contributed by atoms with Crippen LogP contribution >= 0.6 is 11.6 Å². The third kappa shape index (κ3) is 2.61. The zero-order valence-electron chi connectivity index (χ0n) is 8.58. The molecular formula is C9H5ClFN3O3S. The van der Waals surface area contributed by atoms with E-state index in [-0.39, 0.29) is 21.3 Å². The summed E-state index contributed by atoms with van der Waals surface area (Å²) in [5, 5.41) is 0.119. The lowest BCUT2D eigenvalue weighted by molar-refractivity contribution is 0.483. The molecule has 0 bridgehead atoms. The van der Waals surface area contributed by atoms with Crippen molar-refractivity contribution in [3.05, 3.63) is 35.6 Å². The second-order valence-corrected chi connectivity index (χ2v) is 5.02. The van der Waals surface area contributed by atoms with Crippen LogP contribution in [0.25, 0.3) is 11.4 Å². The summed E-state index contributed by atoms with van der Waals surface area (Å²) in [6, 6.07) is 3.40. The van der Waals surface area contributed by atoms with Crippen molar-refractivity contribution in [2.24, 2.45) is 0 Å². The van der Waals surface area contributed by atoms with Gasteiger partial charge in [-0.2, -0.15) is 22.8 Å². The first-order chi connectivity index (χ1) is 8.38. The van der Waals surface area contributed by atoms with Gasteiger partial charge in [0.2, 0.25) is 0 Å². The molecule has 6 nitrogen and oxygen atoms in total. The van der Waals surface area contributed by atoms with Crippen LogP contribution in [-0.4, -0.2) is 27.9 Å². The number of halogens is 2. The average Bonchev–Trinajstić information content (AvgIpc) is 2.28. The fraction of sp³-hybridized carbons (Fsp3) is 0. The minimum absolute atomic E-state index is 0.0769. The molecule has 2 aromatic rings. The molecule has 0 fully saturated rings. The molecule has 0 unspecified atom stereocenters. The molecule has 0 spiro atoms. The average molecular weight is 290 g/mol. The Morgan fingerprint density at radius 3 is 2.61 bits per heavy atom. The molecule has 1 heterocycles. The summed E-state index contributed by atoms with van der Waals surface area (Å²) in [7, 11) is -4.38. The molecule has 1 N–H and O–H groups in total. The third-order valence-electron chi connectivity index (χ3n) is 2.02. The highest BCUT2D eigenvalue weighted by Gasteiger charge is 2.15. The number of hydrogen-bond acceptors (Lipinski definition) is 5. The molecule has 0 aliphatic heterocycles. The molecule has 0 atom stereocenters. The summed E-state index contributed by atoms with van der Waals surface area (Å²) >= 11 is 5.83. The molecule has 0 amide bonds. The molecule has 0 saturated carbocycles. The lowest BCUT2D eigenvalue weighted by Gasteiger charge is -2.04. The van der Waals surface area contributed by atoms with Gasteiger partial charge in [0.05, 0.1) is 9.92 Å². The van der Waals surface area contributed by atoms with E-state index in [1.54, 1.807) is 0 Å². The van der Waals surface area contributed by atoms with Gasteiger partial charge in [0.1, 0.15) is 6.33 Å². The van der Waals surface area contributed by atoms with Crippen molar-refractivity contribution >= 4 is 21.7 Å². The number of nitrogens with zero attached hydrogens (tertiary/aromatic N) is 3. The lowest BCUT2D eigenvalue weighted by atomic mass is 10.2. The minimum atomic E-state index is -4.38. The second kappa shape index (κ2) is 4.56. The van der Waals surface area contributed by atoms with E-state index in [4.69, 9.17) is 16.2 Å². The van der Waals surface area contributed by atoms with Crippen LogP contribution in [0.4, 0.5) is 4.39 Å². The lowest BCUT2D eigenvalue weighted by Crippen LogP contribution is -2.00. The molecule has 0 aliphatic carbocycles. The fourth-order valence-corrected chi connectivity index (χ4v) is 1.95. The number of rotatable bonds is 2. The Bertz CT molecular complexity index is 708. The van der Waals surface area contributed by atoms with Gasteiger partial charge in [-0.05, 0) is 18.2 Å². The van der Waals surface area contributed by atoms with Crippen LogP contribution in [0.3, 0.4) is 0 Å². The molecule has 2 rings (SSSR count). The normalized spacial score (nSPS) is 11.5. The summed E-state index contributed by atoms with van der Waals surface area (Å²) < 4.78 is 43.7. The Morgan fingerprint density at radius 1 is 1.28 bits per heavy atom. The van der Waals surface area contributed by atoms with Gasteiger partial charge in [-0.15, -0.1) is 0 Å². The fourth-order valence-electron chi connectivity index (χ4n) is 1.24. The van der Waals surface area contributed by atoms with E-state index >= 15 is 0 Å². The summed E-state index contributed by atoms with van der Waals surface area (Å²) in [6.07, 6.45) is -0.0954. The minimum Gasteiger partial charge on any atom is -0.282 e. The molecule has 1 aromatic heterocycles. The van der Waals surface area contributed by atoms with E-state index in [1.165, 1.54) is 6.07 Å². The monoisotopic (exact) mass is 289 g/mol. The maximum atomic E-state index is 12.8. The number of aromatic nitrogens is 3. The SMILES string of the molecule is O=S(=O)(O)c1ccc(Cl)c(-c2ncnc(F)n2)c1. The molecular weight excluding hydrogens is 285 g/mol. The summed E-state index contributed by atoms with van der Waals surface area (Å²) in [6.45, 7) is 0. The maximum absolute atomic E-state index is 12.8. The zero-order valence-corrected chi connectivity index (χ0v) is 10.2. The summed E-state index contributed by atoms with van der Waals surface area (Å²) in [5.74, 6) is -0.127. The highest BCUT2D eigenvalue weighted by molar-refractivity contribution is 7.85. The Kier molecular flexibility index (Phi) is 3.24. The van der Waals surface area contributed by atoms with Gasteiger partial charge >= 0.3 is 6.08 Å². The smallest absolute Gasteiger partial charge is 0.282 e. The van der Waals surface area contributed by atoms with Crippen LogP contribution < -0.4 is 0 Å². The van der Waals surface area contributed by atoms with Crippen molar-refractivity contribution in [2.75, 3.05) is 0 Å². The van der Waals surface area contributed by atoms with Gasteiger partial charge in [-0.3, -0.25) is 4.55 Å². The van der Waals surface area contributed by atoms with E-state index in [2.05, 4.69) is 15.0 Å². The van der Waals surface area contributed by atoms with E-state index in [1.807, 2.05) is 0 Å². The highest BCUT2D eigenvalue weighted by atomic mass is 35.5. The Hall–Kier alpha value is -1.64. The van der Waals surface area contributed by atoms with Crippen molar-refractivity contribution in [1.82, 2.24) is 15.0 Å². The van der Waals surface area contributed by atoms with Crippen LogP contribution in [0, 0.1) is 6.08 Å². The standard InChI is InChI=1S/C9H5ClFN3O3S/c10-7-2-1-5(18(15,16)17)3-6(7)8-12-4-13-9(11)14-8/h1-4H,(H,15,16,17). The molecule has 1 aromatic carbocycles. The summed E-state index contributed by atoms with van der Waals surface area (Å²) in [4.78, 5) is 9.83. The molecule has 94 valence electrons. The van der Waals surface area contributed by atoms with Crippen LogP contribution in [0.2, 0.25) is 5.02 Å². The van der Waals surface area contributed by atoms with Crippen molar-refractivity contribution in [3.8, 4) is 11.4 Å². The zero-order chi connectivity index (χ0) is 13.3. The number of hydrogen-bond donors (Lipinski definition) is 1. The van der Waals surface area contributed by atoms with E-state index in [0.29, 0.717) is 0 Å². The van der Waals surface area contributed by atoms with Crippen molar-refractivity contribution in [3.63, 3.8) is 0 Å². The molecule has 0 radical (unpaired) electrons. The van der Waals surface area contributed by atoms with Gasteiger partial charge in [-0.1, -0.05) is 11.6 Å². The van der Waals surface area contributed by atoms with Crippen molar-refractivity contribution in [1.29, 1.82) is 0 Å². The van der Waals surface area contributed by atoms with E-state index in [9.17, 15) is 12.8 Å². The van der Waals surface area contributed by atoms with Crippen LogP contribution in [0.1, 0.15) is 0 Å². The Balaban J connectivity index is 2.64. The van der Waals surface area contributed by atoms with Crippen molar-refractivity contribution in [2.45, 2.75) is 4.90 Å². The van der Waals surface area contributed by atoms with Crippen molar-refractivity contribution < 1.29 is 17.4 Å². The number of benzene rings is 1. The van der Waals surface area contributed by atoms with Crippen LogP contribution in [0.5, 0.6) is 0 Å². The van der Waals surface area contributed by atoms with Gasteiger partial charge < -0.3 is 0 Å². The topological polar surface area (TPSA) is 93.0 Å². The molecule has 9 heteroatoms. The molecule has 0 saturated heterocycles. The summed E-state index contributed by atoms with van der Waals surface area (Å²) in [5.41, 5.74) is 0.0769. The quantitative estimate of drug-likeness (QED) is 0.844. The highest BCUT2D eigenvalue weighted by Crippen LogP contribution is 2.27. The Labute approximate surface area is 106 Å². The first-order valence-corrected chi connectivity index (χ1v) is 6.31. The predicted molar refractivity (Wildman–Crippen MR) is 60.0 cm³/mol. The maximum Gasteiger partial charge on any atom is 0.312 e. The van der Waals surface area contributed by atoms with Gasteiger partial charge in [0.15, 0.2) is 5.82 Å². The third-order valence-corrected chi connectivity index (χ3v) is 3.20. The first kappa shape index (κ1) is 12.8. The second-order valence-electron chi connectivity index (χ2n) is 3.19. The van der Waals surface area contributed by atoms with Crippen LogP contribution in [-0.2, 0) is 10.1 Å². The molecule has 0 aliphatic rings. The molecule has 18 heavy (non-hydrogen) atoms. The Morgan fingerprint density at radius 2 is 2.00 bits per heavy atom. The van der Waals surface area contributed by atoms with Gasteiger partial charge in [0, 0.05) is 5.56 Å². The van der Waals surface area contributed by atoms with Crippen LogP contribution in [0.15, 0.2) is 29.4 Å². The first-order valence-electron chi connectivity index (χ1n) is 4.50. The van der Waals surface area contributed by atoms with E-state index < -0.39 is 16.2 Å². The van der Waals surface area contributed by atoms with Gasteiger partial charge in [0.25, 0.3) is 10.1 Å².